The van der Waals surface area contributed by atoms with Crippen LogP contribution in [-0.2, 0) is 14.4 Å². The molecule has 5 nitrogen and oxygen atoms in total. The molecule has 2 aliphatic carbocycles. The summed E-state index contributed by atoms with van der Waals surface area (Å²) < 4.78 is 0. The number of allylic oxidation sites excluding steroid dienone is 2. The fourth-order valence-electron chi connectivity index (χ4n) is 4.44. The maximum atomic E-state index is 12.6. The Labute approximate surface area is 147 Å². The van der Waals surface area contributed by atoms with Crippen LogP contribution >= 0.6 is 0 Å². The Balaban J connectivity index is 1.37. The van der Waals surface area contributed by atoms with Crippen molar-refractivity contribution in [3.8, 4) is 0 Å². The molecule has 0 spiro atoms. The smallest absolute Gasteiger partial charge is 0.233 e. The van der Waals surface area contributed by atoms with Gasteiger partial charge in [-0.15, -0.1) is 0 Å². The van der Waals surface area contributed by atoms with Crippen molar-refractivity contribution in [3.63, 3.8) is 0 Å². The first-order valence-electron chi connectivity index (χ1n) is 8.86. The lowest BCUT2D eigenvalue weighted by atomic mass is 9.85. The lowest BCUT2D eigenvalue weighted by molar-refractivity contribution is -0.140. The molecule has 0 radical (unpaired) electrons. The molecular formula is C20H22N2O3. The number of imide groups is 1. The molecule has 2 fully saturated rings. The molecule has 3 aliphatic rings. The third kappa shape index (κ3) is 2.58. The molecule has 4 unspecified atom stereocenters. The molecule has 4 rings (SSSR count). The average Bonchev–Trinajstić information content (AvgIpc) is 3.24. The van der Waals surface area contributed by atoms with Crippen LogP contribution in [0.4, 0.5) is 5.69 Å². The number of aryl methyl sites for hydroxylation is 2. The third-order valence-electron chi connectivity index (χ3n) is 5.91. The molecule has 1 aromatic carbocycles. The number of carbonyl (C=O) groups is 3. The highest BCUT2D eigenvalue weighted by atomic mass is 16.2. The molecule has 25 heavy (non-hydrogen) atoms. The van der Waals surface area contributed by atoms with E-state index in [0.29, 0.717) is 0 Å². The summed E-state index contributed by atoms with van der Waals surface area (Å²) in [5.74, 6) is -0.323. The van der Waals surface area contributed by atoms with Gasteiger partial charge in [-0.1, -0.05) is 18.2 Å². The molecular weight excluding hydrogens is 316 g/mol. The Morgan fingerprint density at radius 1 is 1.08 bits per heavy atom. The predicted octanol–water partition coefficient (Wildman–Crippen LogP) is 2.44. The van der Waals surface area contributed by atoms with Crippen LogP contribution < -0.4 is 5.32 Å². The summed E-state index contributed by atoms with van der Waals surface area (Å²) in [6.45, 7) is 4.18. The van der Waals surface area contributed by atoms with Crippen LogP contribution in [0.15, 0.2) is 30.4 Å². The number of likely N-dealkylation sites (tertiary alicyclic amines) is 1. The minimum absolute atomic E-state index is 0.0918. The van der Waals surface area contributed by atoms with Gasteiger partial charge in [0, 0.05) is 18.7 Å². The Morgan fingerprint density at radius 2 is 1.72 bits per heavy atom. The van der Waals surface area contributed by atoms with Crippen molar-refractivity contribution in [2.24, 2.45) is 23.7 Å². The number of carbonyl (C=O) groups excluding carboxylic acids is 3. The van der Waals surface area contributed by atoms with Gasteiger partial charge in [0.05, 0.1) is 11.8 Å². The first-order valence-corrected chi connectivity index (χ1v) is 8.86. The molecule has 1 aromatic rings. The normalized spacial score (nSPS) is 29.4. The number of amides is 3. The predicted molar refractivity (Wildman–Crippen MR) is 93.6 cm³/mol. The average molecular weight is 338 g/mol. The standard InChI is InChI=1S/C20H22N2O3/c1-11-3-6-15(9-12(11)2)21-16(23)7-8-22-19(24)17-13-4-5-14(10-13)18(17)20(22)25/h3-6,9,13-14,17-18H,7-8,10H2,1-2H3,(H,21,23). The maximum absolute atomic E-state index is 12.6. The Hall–Kier alpha value is -2.43. The van der Waals surface area contributed by atoms with Crippen molar-refractivity contribution in [3.05, 3.63) is 41.5 Å². The Morgan fingerprint density at radius 3 is 2.32 bits per heavy atom. The van der Waals surface area contributed by atoms with Gasteiger partial charge < -0.3 is 5.32 Å². The number of nitrogens with one attached hydrogen (secondary N) is 1. The first kappa shape index (κ1) is 16.1. The van der Waals surface area contributed by atoms with E-state index in [2.05, 4.69) is 17.5 Å². The van der Waals surface area contributed by atoms with Crippen LogP contribution in [0.5, 0.6) is 0 Å². The maximum Gasteiger partial charge on any atom is 0.233 e. The number of benzene rings is 1. The van der Waals surface area contributed by atoms with E-state index in [1.165, 1.54) is 10.5 Å². The molecule has 0 aromatic heterocycles. The SMILES string of the molecule is Cc1ccc(NC(=O)CCN2C(=O)C3C4C=CC(C4)C3C2=O)cc1C. The van der Waals surface area contributed by atoms with Gasteiger partial charge in [-0.05, 0) is 55.4 Å². The fraction of sp³-hybridized carbons (Fsp3) is 0.450. The van der Waals surface area contributed by atoms with E-state index in [4.69, 9.17) is 0 Å². The monoisotopic (exact) mass is 338 g/mol. The molecule has 1 saturated carbocycles. The molecule has 1 aliphatic heterocycles. The number of fused-ring (bicyclic) bond motifs is 5. The summed E-state index contributed by atoms with van der Waals surface area (Å²) in [6, 6.07) is 5.75. The zero-order chi connectivity index (χ0) is 17.7. The molecule has 1 heterocycles. The highest BCUT2D eigenvalue weighted by Crippen LogP contribution is 2.52. The molecule has 4 atom stereocenters. The van der Waals surface area contributed by atoms with Crippen molar-refractivity contribution < 1.29 is 14.4 Å². The second kappa shape index (κ2) is 5.83. The van der Waals surface area contributed by atoms with Crippen molar-refractivity contribution in [2.45, 2.75) is 26.7 Å². The summed E-state index contributed by atoms with van der Waals surface area (Å²) in [7, 11) is 0. The minimum atomic E-state index is -0.190. The highest BCUT2D eigenvalue weighted by molar-refractivity contribution is 6.06. The molecule has 1 N–H and O–H groups in total. The summed E-state index contributed by atoms with van der Waals surface area (Å²) in [4.78, 5) is 38.7. The molecule has 130 valence electrons. The van der Waals surface area contributed by atoms with Crippen LogP contribution in [-0.4, -0.2) is 29.2 Å². The Bertz CT molecular complexity index is 768. The summed E-state index contributed by atoms with van der Waals surface area (Å²) in [6.07, 6.45) is 5.21. The number of anilines is 1. The zero-order valence-corrected chi connectivity index (χ0v) is 14.5. The number of hydrogen-bond acceptors (Lipinski definition) is 3. The van der Waals surface area contributed by atoms with Crippen molar-refractivity contribution in [1.29, 1.82) is 0 Å². The van der Waals surface area contributed by atoms with E-state index in [1.54, 1.807) is 0 Å². The zero-order valence-electron chi connectivity index (χ0n) is 14.5. The first-order chi connectivity index (χ1) is 12.0. The van der Waals surface area contributed by atoms with Gasteiger partial charge in [0.2, 0.25) is 17.7 Å². The number of nitrogens with zero attached hydrogens (tertiary/aromatic N) is 1. The van der Waals surface area contributed by atoms with Gasteiger partial charge in [-0.25, -0.2) is 0 Å². The van der Waals surface area contributed by atoms with Gasteiger partial charge in [-0.3, -0.25) is 19.3 Å². The van der Waals surface area contributed by atoms with Crippen molar-refractivity contribution in [1.82, 2.24) is 4.90 Å². The van der Waals surface area contributed by atoms with Crippen LogP contribution in [0.25, 0.3) is 0 Å². The highest BCUT2D eigenvalue weighted by Gasteiger charge is 2.58. The second-order valence-corrected chi connectivity index (χ2v) is 7.43. The minimum Gasteiger partial charge on any atom is -0.326 e. The lowest BCUT2D eigenvalue weighted by Gasteiger charge is -2.17. The lowest BCUT2D eigenvalue weighted by Crippen LogP contribution is -2.35. The fourth-order valence-corrected chi connectivity index (χ4v) is 4.44. The van der Waals surface area contributed by atoms with Gasteiger partial charge in [0.1, 0.15) is 0 Å². The van der Waals surface area contributed by atoms with E-state index in [0.717, 1.165) is 17.7 Å². The molecule has 5 heteroatoms. The summed E-state index contributed by atoms with van der Waals surface area (Å²) >= 11 is 0. The van der Waals surface area contributed by atoms with Gasteiger partial charge in [0.15, 0.2) is 0 Å². The van der Waals surface area contributed by atoms with E-state index in [1.807, 2.05) is 32.0 Å². The number of rotatable bonds is 4. The van der Waals surface area contributed by atoms with E-state index in [-0.39, 0.29) is 54.4 Å². The van der Waals surface area contributed by atoms with E-state index < -0.39 is 0 Å². The van der Waals surface area contributed by atoms with Crippen LogP contribution in [0.2, 0.25) is 0 Å². The molecule has 2 bridgehead atoms. The van der Waals surface area contributed by atoms with Gasteiger partial charge in [-0.2, -0.15) is 0 Å². The van der Waals surface area contributed by atoms with Crippen LogP contribution in [0.1, 0.15) is 24.0 Å². The van der Waals surface area contributed by atoms with Crippen molar-refractivity contribution in [2.75, 3.05) is 11.9 Å². The summed E-state index contributed by atoms with van der Waals surface area (Å²) in [5.41, 5.74) is 3.02. The molecule has 1 saturated heterocycles. The van der Waals surface area contributed by atoms with Crippen molar-refractivity contribution >= 4 is 23.4 Å². The van der Waals surface area contributed by atoms with Gasteiger partial charge in [0.25, 0.3) is 0 Å². The quantitative estimate of drug-likeness (QED) is 0.677. The third-order valence-corrected chi connectivity index (χ3v) is 5.91. The summed E-state index contributed by atoms with van der Waals surface area (Å²) in [5, 5.41) is 2.84. The van der Waals surface area contributed by atoms with E-state index in [9.17, 15) is 14.4 Å². The number of hydrogen-bond donors (Lipinski definition) is 1. The van der Waals surface area contributed by atoms with Gasteiger partial charge >= 0.3 is 0 Å². The second-order valence-electron chi connectivity index (χ2n) is 7.43. The molecule has 3 amide bonds. The Kier molecular flexibility index (Phi) is 3.74. The largest absolute Gasteiger partial charge is 0.326 e. The topological polar surface area (TPSA) is 66.5 Å². The van der Waals surface area contributed by atoms with Crippen LogP contribution in [0, 0.1) is 37.5 Å². The van der Waals surface area contributed by atoms with E-state index >= 15 is 0 Å². The van der Waals surface area contributed by atoms with Crippen LogP contribution in [0.3, 0.4) is 0 Å².